The van der Waals surface area contributed by atoms with Gasteiger partial charge >= 0.3 is 5.97 Å². The lowest BCUT2D eigenvalue weighted by Crippen LogP contribution is -2.35. The second kappa shape index (κ2) is 10.3. The highest BCUT2D eigenvalue weighted by Crippen LogP contribution is 2.22. The van der Waals surface area contributed by atoms with E-state index < -0.39 is 11.9 Å². The SMILES string of the molecule is COc1ccc(C(C)=O)cc1CC(=O)NCC(Cc1ccccc1OC)C(=O)O. The fourth-order valence-corrected chi connectivity index (χ4v) is 2.99. The third-order valence-electron chi connectivity index (χ3n) is 4.59. The minimum atomic E-state index is -1.01. The molecule has 0 saturated heterocycles. The monoisotopic (exact) mass is 399 g/mol. The molecule has 0 bridgehead atoms. The van der Waals surface area contributed by atoms with Crippen molar-refractivity contribution < 1.29 is 29.0 Å². The van der Waals surface area contributed by atoms with Gasteiger partial charge in [0.15, 0.2) is 5.78 Å². The highest BCUT2D eigenvalue weighted by Gasteiger charge is 2.21. The Morgan fingerprint density at radius 1 is 1.00 bits per heavy atom. The van der Waals surface area contributed by atoms with Crippen molar-refractivity contribution in [2.45, 2.75) is 19.8 Å². The number of ether oxygens (including phenoxy) is 2. The number of hydrogen-bond acceptors (Lipinski definition) is 5. The first-order valence-electron chi connectivity index (χ1n) is 9.15. The van der Waals surface area contributed by atoms with Crippen LogP contribution in [-0.2, 0) is 22.4 Å². The minimum absolute atomic E-state index is 0.0225. The Hall–Kier alpha value is -3.35. The van der Waals surface area contributed by atoms with Gasteiger partial charge in [0.05, 0.1) is 26.6 Å². The van der Waals surface area contributed by atoms with Crippen molar-refractivity contribution in [3.8, 4) is 11.5 Å². The van der Waals surface area contributed by atoms with Gasteiger partial charge in [0.2, 0.25) is 5.91 Å². The van der Waals surface area contributed by atoms with Gasteiger partial charge in [0.25, 0.3) is 0 Å². The molecule has 1 amide bonds. The lowest BCUT2D eigenvalue weighted by Gasteiger charge is -2.16. The molecule has 1 unspecified atom stereocenters. The number of methoxy groups -OCH3 is 2. The van der Waals surface area contributed by atoms with Crippen molar-refractivity contribution in [1.29, 1.82) is 0 Å². The molecule has 0 aliphatic heterocycles. The molecular formula is C22H25NO6. The van der Waals surface area contributed by atoms with Crippen molar-refractivity contribution >= 4 is 17.7 Å². The van der Waals surface area contributed by atoms with Gasteiger partial charge in [-0.15, -0.1) is 0 Å². The van der Waals surface area contributed by atoms with Crippen LogP contribution in [0.25, 0.3) is 0 Å². The Labute approximate surface area is 169 Å². The zero-order valence-electron chi connectivity index (χ0n) is 16.7. The molecule has 2 aromatic rings. The van der Waals surface area contributed by atoms with E-state index >= 15 is 0 Å². The fourth-order valence-electron chi connectivity index (χ4n) is 2.99. The summed E-state index contributed by atoms with van der Waals surface area (Å²) < 4.78 is 10.5. The molecule has 0 aromatic heterocycles. The first-order valence-corrected chi connectivity index (χ1v) is 9.15. The van der Waals surface area contributed by atoms with Gasteiger partial charge in [-0.3, -0.25) is 14.4 Å². The maximum absolute atomic E-state index is 12.4. The molecule has 2 aromatic carbocycles. The number of carbonyl (C=O) groups excluding carboxylic acids is 2. The second-order valence-corrected chi connectivity index (χ2v) is 6.61. The van der Waals surface area contributed by atoms with Crippen LogP contribution in [0.15, 0.2) is 42.5 Å². The van der Waals surface area contributed by atoms with E-state index in [1.807, 2.05) is 12.1 Å². The Balaban J connectivity index is 2.05. The number of aliphatic carboxylic acids is 1. The predicted molar refractivity (Wildman–Crippen MR) is 108 cm³/mol. The largest absolute Gasteiger partial charge is 0.496 e. The van der Waals surface area contributed by atoms with Crippen molar-refractivity contribution in [1.82, 2.24) is 5.32 Å². The Kier molecular flexibility index (Phi) is 7.77. The van der Waals surface area contributed by atoms with Crippen LogP contribution in [0.4, 0.5) is 0 Å². The van der Waals surface area contributed by atoms with E-state index in [-0.39, 0.29) is 31.1 Å². The van der Waals surface area contributed by atoms with Gasteiger partial charge in [-0.25, -0.2) is 0 Å². The van der Waals surface area contributed by atoms with Gasteiger partial charge in [-0.2, -0.15) is 0 Å². The highest BCUT2D eigenvalue weighted by atomic mass is 16.5. The molecule has 0 aliphatic carbocycles. The standard InChI is InChI=1S/C22H25NO6/c1-14(24)15-8-9-20(29-3)17(10-15)12-21(25)23-13-18(22(26)27)11-16-6-4-5-7-19(16)28-2/h4-10,18H,11-13H2,1-3H3,(H,23,25)(H,26,27). The van der Waals surface area contributed by atoms with E-state index in [0.29, 0.717) is 22.6 Å². The van der Waals surface area contributed by atoms with E-state index in [9.17, 15) is 19.5 Å². The molecule has 2 N–H and O–H groups in total. The van der Waals surface area contributed by atoms with Crippen LogP contribution in [-0.4, -0.2) is 43.5 Å². The molecule has 154 valence electrons. The van der Waals surface area contributed by atoms with E-state index in [0.717, 1.165) is 5.56 Å². The van der Waals surface area contributed by atoms with Crippen LogP contribution >= 0.6 is 0 Å². The Morgan fingerprint density at radius 2 is 1.66 bits per heavy atom. The van der Waals surface area contributed by atoms with Crippen LogP contribution in [0.1, 0.15) is 28.4 Å². The number of benzene rings is 2. The molecule has 2 rings (SSSR count). The van der Waals surface area contributed by atoms with Crippen molar-refractivity contribution in [3.63, 3.8) is 0 Å². The van der Waals surface area contributed by atoms with E-state index in [1.54, 1.807) is 30.3 Å². The number of carboxylic acid groups (broad SMARTS) is 1. The molecule has 0 fully saturated rings. The van der Waals surface area contributed by atoms with E-state index in [2.05, 4.69) is 5.32 Å². The van der Waals surface area contributed by atoms with Crippen molar-refractivity contribution in [2.24, 2.45) is 5.92 Å². The molecular weight excluding hydrogens is 374 g/mol. The average molecular weight is 399 g/mol. The van der Waals surface area contributed by atoms with Gasteiger partial charge in [0.1, 0.15) is 11.5 Å². The number of ketones is 1. The van der Waals surface area contributed by atoms with Gasteiger partial charge in [-0.1, -0.05) is 18.2 Å². The summed E-state index contributed by atoms with van der Waals surface area (Å²) in [6, 6.07) is 12.1. The number of carbonyl (C=O) groups is 3. The molecule has 7 nitrogen and oxygen atoms in total. The third-order valence-corrected chi connectivity index (χ3v) is 4.59. The number of hydrogen-bond donors (Lipinski definition) is 2. The summed E-state index contributed by atoms with van der Waals surface area (Å²) in [4.78, 5) is 35.6. The quantitative estimate of drug-likeness (QED) is 0.595. The second-order valence-electron chi connectivity index (χ2n) is 6.61. The summed E-state index contributed by atoms with van der Waals surface area (Å²) in [5.41, 5.74) is 1.80. The van der Waals surface area contributed by atoms with Crippen LogP contribution in [0.3, 0.4) is 0 Å². The lowest BCUT2D eigenvalue weighted by atomic mass is 9.98. The predicted octanol–water partition coefficient (Wildman–Crippen LogP) is 2.51. The highest BCUT2D eigenvalue weighted by molar-refractivity contribution is 5.94. The minimum Gasteiger partial charge on any atom is -0.496 e. The first-order chi connectivity index (χ1) is 13.8. The van der Waals surface area contributed by atoms with Gasteiger partial charge in [-0.05, 0) is 43.2 Å². The molecule has 0 heterocycles. The van der Waals surface area contributed by atoms with Crippen LogP contribution in [0, 0.1) is 5.92 Å². The number of rotatable bonds is 10. The van der Waals surface area contributed by atoms with Crippen molar-refractivity contribution in [3.05, 3.63) is 59.2 Å². The summed E-state index contributed by atoms with van der Waals surface area (Å²) in [5.74, 6) is -1.18. The molecule has 29 heavy (non-hydrogen) atoms. The first kappa shape index (κ1) is 21.9. The zero-order valence-corrected chi connectivity index (χ0v) is 16.7. The van der Waals surface area contributed by atoms with Crippen molar-refractivity contribution in [2.75, 3.05) is 20.8 Å². The molecule has 0 aliphatic rings. The van der Waals surface area contributed by atoms with Crippen LogP contribution in [0.2, 0.25) is 0 Å². The number of carboxylic acids is 1. The fraction of sp³-hybridized carbons (Fsp3) is 0.318. The molecule has 0 saturated carbocycles. The molecule has 1 atom stereocenters. The Morgan fingerprint density at radius 3 is 2.28 bits per heavy atom. The zero-order chi connectivity index (χ0) is 21.4. The summed E-state index contributed by atoms with van der Waals surface area (Å²) in [5, 5.41) is 12.2. The normalized spacial score (nSPS) is 11.4. The van der Waals surface area contributed by atoms with Crippen LogP contribution < -0.4 is 14.8 Å². The maximum atomic E-state index is 12.4. The Bertz CT molecular complexity index is 893. The third kappa shape index (κ3) is 6.07. The smallest absolute Gasteiger partial charge is 0.308 e. The topological polar surface area (TPSA) is 102 Å². The van der Waals surface area contributed by atoms with Gasteiger partial charge in [0, 0.05) is 17.7 Å². The summed E-state index contributed by atoms with van der Waals surface area (Å²) >= 11 is 0. The number of nitrogens with one attached hydrogen (secondary N) is 1. The van der Waals surface area contributed by atoms with E-state index in [1.165, 1.54) is 21.1 Å². The number of amides is 1. The molecule has 0 spiro atoms. The van der Waals surface area contributed by atoms with E-state index in [4.69, 9.17) is 9.47 Å². The molecule has 7 heteroatoms. The average Bonchev–Trinajstić information content (AvgIpc) is 2.70. The number of Topliss-reactive ketones (excluding diaryl/α,β-unsaturated/α-hetero) is 1. The van der Waals surface area contributed by atoms with Gasteiger partial charge < -0.3 is 19.9 Å². The van der Waals surface area contributed by atoms with Crippen LogP contribution in [0.5, 0.6) is 11.5 Å². The summed E-state index contributed by atoms with van der Waals surface area (Å²) in [6.45, 7) is 1.42. The summed E-state index contributed by atoms with van der Waals surface area (Å²) in [7, 11) is 3.01. The molecule has 0 radical (unpaired) electrons. The maximum Gasteiger partial charge on any atom is 0.308 e. The summed E-state index contributed by atoms with van der Waals surface area (Å²) in [6.07, 6.45) is 0.202. The lowest BCUT2D eigenvalue weighted by molar-refractivity contribution is -0.141. The number of para-hydroxylation sites is 1.